The molecule has 30 heavy (non-hydrogen) atoms. The lowest BCUT2D eigenvalue weighted by molar-refractivity contribution is -0.141. The number of carbonyl (C=O) groups is 3. The van der Waals surface area contributed by atoms with Crippen LogP contribution in [0.25, 0.3) is 0 Å². The number of urea groups is 1. The van der Waals surface area contributed by atoms with Crippen LogP contribution in [0, 0.1) is 11.7 Å². The highest BCUT2D eigenvalue weighted by molar-refractivity contribution is 6.07. The van der Waals surface area contributed by atoms with Gasteiger partial charge in [0, 0.05) is 26.1 Å². The van der Waals surface area contributed by atoms with Gasteiger partial charge in [-0.2, -0.15) is 0 Å². The van der Waals surface area contributed by atoms with Gasteiger partial charge in [0.05, 0.1) is 6.54 Å². The van der Waals surface area contributed by atoms with E-state index in [1.807, 2.05) is 20.8 Å². The van der Waals surface area contributed by atoms with Crippen molar-refractivity contribution in [3.63, 3.8) is 0 Å². The number of benzene rings is 1. The summed E-state index contributed by atoms with van der Waals surface area (Å²) in [6.45, 7) is 7.55. The summed E-state index contributed by atoms with van der Waals surface area (Å²) in [5.41, 5.74) is -0.887. The molecule has 2 heterocycles. The minimum absolute atomic E-state index is 0.0709. The van der Waals surface area contributed by atoms with E-state index in [2.05, 4.69) is 0 Å². The molecule has 0 bridgehead atoms. The van der Waals surface area contributed by atoms with Crippen LogP contribution in [0.2, 0.25) is 0 Å². The molecule has 0 aromatic heterocycles. The van der Waals surface area contributed by atoms with Crippen LogP contribution < -0.4 is 4.74 Å². The second-order valence-corrected chi connectivity index (χ2v) is 8.31. The normalized spacial score (nSPS) is 18.6. The largest absolute Gasteiger partial charge is 0.492 e. The molecule has 0 atom stereocenters. The van der Waals surface area contributed by atoms with Crippen LogP contribution in [0.4, 0.5) is 9.18 Å². The highest BCUT2D eigenvalue weighted by Crippen LogP contribution is 2.38. The number of hydrogen-bond donors (Lipinski definition) is 0. The second kappa shape index (κ2) is 9.02. The first-order valence-electron chi connectivity index (χ1n) is 10.6. The molecule has 8 heteroatoms. The summed E-state index contributed by atoms with van der Waals surface area (Å²) in [5.74, 6) is 0.201. The molecule has 7 nitrogen and oxygen atoms in total. The van der Waals surface area contributed by atoms with Gasteiger partial charge in [-0.05, 0) is 43.0 Å². The fourth-order valence-electron chi connectivity index (χ4n) is 4.22. The quantitative estimate of drug-likeness (QED) is 0.638. The monoisotopic (exact) mass is 419 g/mol. The van der Waals surface area contributed by atoms with Crippen molar-refractivity contribution in [2.45, 2.75) is 45.6 Å². The lowest BCUT2D eigenvalue weighted by Crippen LogP contribution is -2.58. The maximum absolute atomic E-state index is 13.4. The first-order chi connectivity index (χ1) is 14.3. The SMILES string of the molecule is CCC(=O)N1CCC2(CC1)C(=O)N(CCOc1ccc(F)cc1)C(=O)N2CC(C)C. The molecule has 164 valence electrons. The summed E-state index contributed by atoms with van der Waals surface area (Å²) < 4.78 is 18.6. The number of rotatable bonds is 7. The minimum Gasteiger partial charge on any atom is -0.492 e. The van der Waals surface area contributed by atoms with E-state index in [4.69, 9.17) is 4.74 Å². The number of nitrogens with zero attached hydrogens (tertiary/aromatic N) is 3. The Labute approximate surface area is 176 Å². The molecule has 1 spiro atoms. The predicted molar refractivity (Wildman–Crippen MR) is 109 cm³/mol. The van der Waals surface area contributed by atoms with E-state index in [-0.39, 0.29) is 42.7 Å². The van der Waals surface area contributed by atoms with Gasteiger partial charge in [0.1, 0.15) is 23.7 Å². The number of amides is 4. The van der Waals surface area contributed by atoms with Gasteiger partial charge in [0.25, 0.3) is 5.91 Å². The third-order valence-electron chi connectivity index (χ3n) is 5.81. The van der Waals surface area contributed by atoms with Crippen molar-refractivity contribution in [3.8, 4) is 5.75 Å². The van der Waals surface area contributed by atoms with Gasteiger partial charge in [-0.3, -0.25) is 14.5 Å². The van der Waals surface area contributed by atoms with Crippen LogP contribution in [0.15, 0.2) is 24.3 Å². The lowest BCUT2D eigenvalue weighted by atomic mass is 9.85. The Kier molecular flexibility index (Phi) is 6.63. The van der Waals surface area contributed by atoms with Crippen LogP contribution in [-0.4, -0.2) is 70.9 Å². The van der Waals surface area contributed by atoms with E-state index in [1.165, 1.54) is 29.2 Å². The van der Waals surface area contributed by atoms with Crippen molar-refractivity contribution in [3.05, 3.63) is 30.1 Å². The zero-order valence-electron chi connectivity index (χ0n) is 17.9. The maximum atomic E-state index is 13.4. The fraction of sp³-hybridized carbons (Fsp3) is 0.591. The molecular weight excluding hydrogens is 389 g/mol. The number of likely N-dealkylation sites (tertiary alicyclic amines) is 1. The maximum Gasteiger partial charge on any atom is 0.327 e. The van der Waals surface area contributed by atoms with Crippen LogP contribution in [-0.2, 0) is 9.59 Å². The summed E-state index contributed by atoms with van der Waals surface area (Å²) in [6.07, 6.45) is 1.33. The zero-order chi connectivity index (χ0) is 21.9. The molecule has 0 radical (unpaired) electrons. The minimum atomic E-state index is -0.887. The number of piperidine rings is 1. The Balaban J connectivity index is 1.71. The molecule has 2 fully saturated rings. The Morgan fingerprint density at radius 1 is 1.17 bits per heavy atom. The molecule has 4 amide bonds. The van der Waals surface area contributed by atoms with E-state index in [1.54, 1.807) is 9.80 Å². The van der Waals surface area contributed by atoms with E-state index in [9.17, 15) is 18.8 Å². The summed E-state index contributed by atoms with van der Waals surface area (Å²) in [5, 5.41) is 0. The van der Waals surface area contributed by atoms with E-state index in [0.717, 1.165) is 0 Å². The molecule has 2 aliphatic rings. The first-order valence-corrected chi connectivity index (χ1v) is 10.6. The van der Waals surface area contributed by atoms with Gasteiger partial charge < -0.3 is 14.5 Å². The predicted octanol–water partition coefficient (Wildman–Crippen LogP) is 2.90. The Bertz CT molecular complexity index is 788. The molecule has 2 aliphatic heterocycles. The van der Waals surface area contributed by atoms with Crippen LogP contribution in [0.3, 0.4) is 0 Å². The van der Waals surface area contributed by atoms with Gasteiger partial charge in [-0.15, -0.1) is 0 Å². The standard InChI is InChI=1S/C22H30FN3O4/c1-4-19(27)24-11-9-22(10-12-24)20(28)25(21(29)26(22)15-16(2)3)13-14-30-18-7-5-17(23)6-8-18/h5-8,16H,4,9-15H2,1-3H3. The topological polar surface area (TPSA) is 70.2 Å². The third-order valence-corrected chi connectivity index (χ3v) is 5.81. The summed E-state index contributed by atoms with van der Waals surface area (Å²) in [4.78, 5) is 43.3. The number of halogens is 1. The summed E-state index contributed by atoms with van der Waals surface area (Å²) in [6, 6.07) is 5.32. The van der Waals surface area contributed by atoms with Crippen molar-refractivity contribution in [1.82, 2.24) is 14.7 Å². The molecule has 1 aromatic carbocycles. The fourth-order valence-corrected chi connectivity index (χ4v) is 4.22. The molecule has 0 aliphatic carbocycles. The Hall–Kier alpha value is -2.64. The third kappa shape index (κ3) is 4.27. The number of hydrogen-bond acceptors (Lipinski definition) is 4. The smallest absolute Gasteiger partial charge is 0.327 e. The Morgan fingerprint density at radius 2 is 1.80 bits per heavy atom. The summed E-state index contributed by atoms with van der Waals surface area (Å²) in [7, 11) is 0. The average Bonchev–Trinajstić information content (AvgIpc) is 2.91. The number of carbonyl (C=O) groups excluding carboxylic acids is 3. The Morgan fingerprint density at radius 3 is 2.37 bits per heavy atom. The van der Waals surface area contributed by atoms with E-state index < -0.39 is 5.54 Å². The molecular formula is C22H30FN3O4. The molecule has 2 saturated heterocycles. The van der Waals surface area contributed by atoms with Crippen molar-refractivity contribution < 1.29 is 23.5 Å². The van der Waals surface area contributed by atoms with Crippen molar-refractivity contribution in [2.75, 3.05) is 32.8 Å². The molecule has 0 N–H and O–H groups in total. The van der Waals surface area contributed by atoms with Gasteiger partial charge in [0.15, 0.2) is 0 Å². The lowest BCUT2D eigenvalue weighted by Gasteiger charge is -2.42. The average molecular weight is 419 g/mol. The van der Waals surface area contributed by atoms with Crippen molar-refractivity contribution >= 4 is 17.8 Å². The first kappa shape index (κ1) is 22.1. The molecule has 0 unspecified atom stereocenters. The van der Waals surface area contributed by atoms with Crippen LogP contribution in [0.1, 0.15) is 40.0 Å². The zero-order valence-corrected chi connectivity index (χ0v) is 17.9. The van der Waals surface area contributed by atoms with Gasteiger partial charge in [-0.1, -0.05) is 20.8 Å². The van der Waals surface area contributed by atoms with Crippen LogP contribution in [0.5, 0.6) is 5.75 Å². The van der Waals surface area contributed by atoms with E-state index in [0.29, 0.717) is 44.6 Å². The van der Waals surface area contributed by atoms with Gasteiger partial charge in [0.2, 0.25) is 5.91 Å². The van der Waals surface area contributed by atoms with Crippen LogP contribution >= 0.6 is 0 Å². The summed E-state index contributed by atoms with van der Waals surface area (Å²) >= 11 is 0. The molecule has 3 rings (SSSR count). The highest BCUT2D eigenvalue weighted by atomic mass is 19.1. The van der Waals surface area contributed by atoms with Gasteiger partial charge >= 0.3 is 6.03 Å². The van der Waals surface area contributed by atoms with Gasteiger partial charge in [-0.25, -0.2) is 9.18 Å². The van der Waals surface area contributed by atoms with Crippen molar-refractivity contribution in [2.24, 2.45) is 5.92 Å². The van der Waals surface area contributed by atoms with Crippen molar-refractivity contribution in [1.29, 1.82) is 0 Å². The second-order valence-electron chi connectivity index (χ2n) is 8.31. The highest BCUT2D eigenvalue weighted by Gasteiger charge is 2.58. The number of ether oxygens (including phenoxy) is 1. The molecule has 1 aromatic rings. The number of imide groups is 1. The molecule has 0 saturated carbocycles. The van der Waals surface area contributed by atoms with E-state index >= 15 is 0 Å².